The number of hydrogen-bond acceptors (Lipinski definition) is 5. The summed E-state index contributed by atoms with van der Waals surface area (Å²) in [5.41, 5.74) is 0. The minimum absolute atomic E-state index is 0.407. The van der Waals surface area contributed by atoms with E-state index in [1.54, 1.807) is 0 Å². The third-order valence-corrected chi connectivity index (χ3v) is 3.82. The second-order valence-corrected chi connectivity index (χ2v) is 5.23. The summed E-state index contributed by atoms with van der Waals surface area (Å²) in [6.45, 7) is 2.38. The molecule has 21 heavy (non-hydrogen) atoms. The minimum Gasteiger partial charge on any atom is -0.486 e. The second kappa shape index (κ2) is 6.58. The summed E-state index contributed by atoms with van der Waals surface area (Å²) < 4.78 is 5.66. The predicted molar refractivity (Wildman–Crippen MR) is 81.5 cm³/mol. The van der Waals surface area contributed by atoms with Gasteiger partial charge in [0.1, 0.15) is 12.4 Å². The van der Waals surface area contributed by atoms with Crippen LogP contribution in [0, 0.1) is 0 Å². The lowest BCUT2D eigenvalue weighted by Gasteiger charge is -2.30. The molecule has 0 bridgehead atoms. The summed E-state index contributed by atoms with van der Waals surface area (Å²) in [5, 5.41) is 10.6. The fraction of sp³-hybridized carbons (Fsp3) is 0.467. The number of ether oxygens (including phenoxy) is 1. The first-order valence-corrected chi connectivity index (χ1v) is 7.36. The van der Waals surface area contributed by atoms with Gasteiger partial charge in [0.15, 0.2) is 5.82 Å². The Morgan fingerprint density at radius 2 is 2.05 bits per heavy atom. The lowest BCUT2D eigenvalue weighted by Crippen LogP contribution is -2.41. The van der Waals surface area contributed by atoms with Gasteiger partial charge in [0.25, 0.3) is 0 Å². The van der Waals surface area contributed by atoms with Crippen molar-refractivity contribution in [3.8, 4) is 5.75 Å². The lowest BCUT2D eigenvalue weighted by atomic mass is 10.1. The maximum Gasteiger partial charge on any atom is 0.244 e. The Morgan fingerprint density at radius 1 is 1.29 bits per heavy atom. The van der Waals surface area contributed by atoms with E-state index < -0.39 is 0 Å². The number of H-pyrrole nitrogens is 1. The minimum atomic E-state index is 0.407. The zero-order valence-electron chi connectivity index (χ0n) is 12.2. The topological polar surface area (TPSA) is 66.1 Å². The van der Waals surface area contributed by atoms with E-state index in [0.29, 0.717) is 12.6 Å². The van der Waals surface area contributed by atoms with Crippen LogP contribution in [0.5, 0.6) is 5.75 Å². The van der Waals surface area contributed by atoms with Crippen LogP contribution in [0.1, 0.15) is 18.7 Å². The van der Waals surface area contributed by atoms with Gasteiger partial charge >= 0.3 is 0 Å². The zero-order chi connectivity index (χ0) is 14.5. The van der Waals surface area contributed by atoms with Crippen LogP contribution in [-0.4, -0.2) is 41.4 Å². The van der Waals surface area contributed by atoms with Crippen molar-refractivity contribution in [2.45, 2.75) is 25.5 Å². The largest absolute Gasteiger partial charge is 0.486 e. The molecule has 2 aromatic rings. The number of para-hydroxylation sites is 1. The molecule has 1 aromatic heterocycles. The SMILES string of the molecule is CNC1CCN(c2n[nH]c(COc3ccccc3)n2)CC1. The van der Waals surface area contributed by atoms with Gasteiger partial charge < -0.3 is 15.0 Å². The van der Waals surface area contributed by atoms with Crippen molar-refractivity contribution in [1.29, 1.82) is 0 Å². The van der Waals surface area contributed by atoms with Gasteiger partial charge in [-0.25, -0.2) is 0 Å². The van der Waals surface area contributed by atoms with Crippen molar-refractivity contribution in [3.05, 3.63) is 36.2 Å². The Labute approximate surface area is 124 Å². The standard InChI is InChI=1S/C15H21N5O/c1-16-12-7-9-20(10-8-12)15-17-14(18-19-15)11-21-13-5-3-2-4-6-13/h2-6,12,16H,7-11H2,1H3,(H,17,18,19). The molecule has 112 valence electrons. The highest BCUT2D eigenvalue weighted by Crippen LogP contribution is 2.16. The summed E-state index contributed by atoms with van der Waals surface area (Å²) in [6.07, 6.45) is 2.25. The van der Waals surface area contributed by atoms with Crippen LogP contribution in [0.2, 0.25) is 0 Å². The third-order valence-electron chi connectivity index (χ3n) is 3.82. The number of rotatable bonds is 5. The number of anilines is 1. The van der Waals surface area contributed by atoms with E-state index in [-0.39, 0.29) is 0 Å². The monoisotopic (exact) mass is 287 g/mol. The molecule has 0 amide bonds. The highest BCUT2D eigenvalue weighted by molar-refractivity contribution is 5.29. The van der Waals surface area contributed by atoms with Crippen LogP contribution in [0.3, 0.4) is 0 Å². The van der Waals surface area contributed by atoms with E-state index in [1.165, 1.54) is 0 Å². The second-order valence-electron chi connectivity index (χ2n) is 5.23. The molecule has 0 saturated carbocycles. The number of benzene rings is 1. The van der Waals surface area contributed by atoms with Crippen molar-refractivity contribution in [3.63, 3.8) is 0 Å². The number of aromatic nitrogens is 3. The molecular weight excluding hydrogens is 266 g/mol. The average molecular weight is 287 g/mol. The Kier molecular flexibility index (Phi) is 4.35. The molecule has 1 aliphatic heterocycles. The van der Waals surface area contributed by atoms with Gasteiger partial charge in [0, 0.05) is 19.1 Å². The molecule has 2 N–H and O–H groups in total. The van der Waals surface area contributed by atoms with E-state index in [0.717, 1.165) is 43.5 Å². The number of nitrogens with one attached hydrogen (secondary N) is 2. The quantitative estimate of drug-likeness (QED) is 0.874. The van der Waals surface area contributed by atoms with Crippen molar-refractivity contribution in [2.24, 2.45) is 0 Å². The maximum atomic E-state index is 5.66. The molecule has 0 spiro atoms. The molecule has 0 aliphatic carbocycles. The molecule has 0 atom stereocenters. The van der Waals surface area contributed by atoms with Crippen molar-refractivity contribution in [2.75, 3.05) is 25.0 Å². The number of hydrogen-bond donors (Lipinski definition) is 2. The summed E-state index contributed by atoms with van der Waals surface area (Å²) in [7, 11) is 2.02. The smallest absolute Gasteiger partial charge is 0.244 e. The normalized spacial score (nSPS) is 16.1. The molecular formula is C15H21N5O. The predicted octanol–water partition coefficient (Wildman–Crippen LogP) is 1.57. The Morgan fingerprint density at radius 3 is 2.76 bits per heavy atom. The number of nitrogens with zero attached hydrogens (tertiary/aromatic N) is 3. The van der Waals surface area contributed by atoms with Gasteiger partial charge in [-0.05, 0) is 32.0 Å². The fourth-order valence-corrected chi connectivity index (χ4v) is 2.53. The molecule has 1 saturated heterocycles. The van der Waals surface area contributed by atoms with Gasteiger partial charge in [-0.2, -0.15) is 4.98 Å². The summed E-state index contributed by atoms with van der Waals surface area (Å²) in [4.78, 5) is 6.73. The zero-order valence-corrected chi connectivity index (χ0v) is 12.2. The van der Waals surface area contributed by atoms with Gasteiger partial charge in [-0.1, -0.05) is 18.2 Å². The summed E-state index contributed by atoms with van der Waals surface area (Å²) in [6, 6.07) is 10.3. The van der Waals surface area contributed by atoms with E-state index in [2.05, 4.69) is 25.4 Å². The number of aromatic amines is 1. The van der Waals surface area contributed by atoms with Crippen LogP contribution >= 0.6 is 0 Å². The number of piperidine rings is 1. The Hall–Kier alpha value is -2.08. The van der Waals surface area contributed by atoms with Gasteiger partial charge in [-0.3, -0.25) is 5.10 Å². The van der Waals surface area contributed by atoms with Crippen LogP contribution in [-0.2, 0) is 6.61 Å². The van der Waals surface area contributed by atoms with E-state index in [1.807, 2.05) is 37.4 Å². The molecule has 3 rings (SSSR count). The average Bonchev–Trinajstić information content (AvgIpc) is 3.03. The molecule has 6 nitrogen and oxygen atoms in total. The van der Waals surface area contributed by atoms with Crippen molar-refractivity contribution >= 4 is 5.95 Å². The highest BCUT2D eigenvalue weighted by Gasteiger charge is 2.20. The van der Waals surface area contributed by atoms with Crippen molar-refractivity contribution < 1.29 is 4.74 Å². The van der Waals surface area contributed by atoms with Gasteiger partial charge in [-0.15, -0.1) is 5.10 Å². The van der Waals surface area contributed by atoms with E-state index >= 15 is 0 Å². The Bertz CT molecular complexity index is 548. The highest BCUT2D eigenvalue weighted by atomic mass is 16.5. The first kappa shape index (κ1) is 13.9. The van der Waals surface area contributed by atoms with Crippen molar-refractivity contribution in [1.82, 2.24) is 20.5 Å². The third kappa shape index (κ3) is 3.52. The molecule has 6 heteroatoms. The van der Waals surface area contributed by atoms with Crippen LogP contribution in [0.4, 0.5) is 5.95 Å². The maximum absolute atomic E-state index is 5.66. The van der Waals surface area contributed by atoms with Crippen LogP contribution in [0.25, 0.3) is 0 Å². The lowest BCUT2D eigenvalue weighted by molar-refractivity contribution is 0.296. The van der Waals surface area contributed by atoms with Crippen LogP contribution < -0.4 is 15.0 Å². The molecule has 0 radical (unpaired) electrons. The molecule has 0 unspecified atom stereocenters. The van der Waals surface area contributed by atoms with Gasteiger partial charge in [0.2, 0.25) is 5.95 Å². The Balaban J connectivity index is 1.54. The molecule has 1 fully saturated rings. The van der Waals surface area contributed by atoms with E-state index in [9.17, 15) is 0 Å². The molecule has 2 heterocycles. The summed E-state index contributed by atoms with van der Waals surface area (Å²) in [5.74, 6) is 2.37. The van der Waals surface area contributed by atoms with Gasteiger partial charge in [0.05, 0.1) is 0 Å². The van der Waals surface area contributed by atoms with Crippen LogP contribution in [0.15, 0.2) is 30.3 Å². The first-order valence-electron chi connectivity index (χ1n) is 7.36. The molecule has 1 aromatic carbocycles. The van der Waals surface area contributed by atoms with E-state index in [4.69, 9.17) is 4.74 Å². The molecule has 1 aliphatic rings. The summed E-state index contributed by atoms with van der Waals surface area (Å²) >= 11 is 0. The fourth-order valence-electron chi connectivity index (χ4n) is 2.53. The first-order chi connectivity index (χ1) is 10.3.